The largest absolute Gasteiger partial charge is 0.317 e. The molecule has 0 spiro atoms. The summed E-state index contributed by atoms with van der Waals surface area (Å²) in [4.78, 5) is 2.06. The number of nitrogens with one attached hydrogen (secondary N) is 1. The lowest BCUT2D eigenvalue weighted by Crippen LogP contribution is -2.41. The van der Waals surface area contributed by atoms with Crippen LogP contribution in [0.5, 0.6) is 0 Å². The lowest BCUT2D eigenvalue weighted by molar-refractivity contribution is 0.256. The Morgan fingerprint density at radius 2 is 1.38 bits per heavy atom. The number of sulfonamides is 2. The quantitative estimate of drug-likeness (QED) is 0.508. The zero-order valence-electron chi connectivity index (χ0n) is 13.6. The highest BCUT2D eigenvalue weighted by Gasteiger charge is 2.26. The highest BCUT2D eigenvalue weighted by Crippen LogP contribution is 2.15. The van der Waals surface area contributed by atoms with Crippen LogP contribution in [-0.2, 0) is 20.0 Å². The van der Waals surface area contributed by atoms with E-state index in [-0.39, 0.29) is 22.9 Å². The Bertz CT molecular complexity index is 604. The van der Waals surface area contributed by atoms with Crippen LogP contribution < -0.4 is 15.6 Å². The summed E-state index contributed by atoms with van der Waals surface area (Å²) in [5.41, 5.74) is 0. The molecule has 0 aromatic rings. The molecule has 2 rings (SSSR count). The first kappa shape index (κ1) is 23.6. The molecule has 142 valence electrons. The number of hydrogen-bond acceptors (Lipinski definition) is 6. The number of halogens is 1. The van der Waals surface area contributed by atoms with E-state index < -0.39 is 20.0 Å². The average Bonchev–Trinajstić information content (AvgIpc) is 2.48. The Kier molecular flexibility index (Phi) is 10.4. The standard InChI is InChI=1S/C8H14N2O2S.C5H12N2O2S.ClH/c1-2-5-10-6-3-8(4-7-10)13(9,11)12;6-10(8,9)5-1-3-7-4-2-5;/h1,8H,3-7H2,(H2,9,11,12);5,7H,1-4H2,(H2,6,8,9);1H. The van der Waals surface area contributed by atoms with Gasteiger partial charge in [-0.2, -0.15) is 0 Å². The number of rotatable bonds is 3. The number of nitrogens with two attached hydrogens (primary N) is 2. The SMILES string of the molecule is C#CCN1CCC(S(N)(=O)=O)CC1.Cl.NS(=O)(=O)C1CCNCC1. The number of likely N-dealkylation sites (tertiary alicyclic amines) is 1. The van der Waals surface area contributed by atoms with Crippen molar-refractivity contribution in [2.24, 2.45) is 10.3 Å². The maximum atomic E-state index is 11.0. The van der Waals surface area contributed by atoms with Gasteiger partial charge in [-0.1, -0.05) is 5.92 Å². The van der Waals surface area contributed by atoms with Crippen LogP contribution in [0, 0.1) is 12.3 Å². The molecule has 2 aliphatic heterocycles. The summed E-state index contributed by atoms with van der Waals surface area (Å²) in [7, 11) is -6.61. The van der Waals surface area contributed by atoms with Crippen molar-refractivity contribution in [2.75, 3.05) is 32.7 Å². The van der Waals surface area contributed by atoms with Gasteiger partial charge in [-0.25, -0.2) is 27.1 Å². The zero-order chi connectivity index (χ0) is 17.5. The fraction of sp³-hybridized carbons (Fsp3) is 0.846. The van der Waals surface area contributed by atoms with E-state index in [1.807, 2.05) is 0 Å². The third kappa shape index (κ3) is 8.62. The summed E-state index contributed by atoms with van der Waals surface area (Å²) in [6.45, 7) is 3.58. The number of nitrogens with zero attached hydrogens (tertiary/aromatic N) is 1. The van der Waals surface area contributed by atoms with Gasteiger partial charge in [0.05, 0.1) is 17.0 Å². The van der Waals surface area contributed by atoms with Crippen molar-refractivity contribution in [3.8, 4) is 12.3 Å². The van der Waals surface area contributed by atoms with E-state index >= 15 is 0 Å². The van der Waals surface area contributed by atoms with Gasteiger partial charge in [-0.05, 0) is 38.8 Å². The number of primary sulfonamides is 2. The molecule has 2 heterocycles. The molecule has 0 unspecified atom stereocenters. The lowest BCUT2D eigenvalue weighted by atomic mass is 10.1. The second-order valence-electron chi connectivity index (χ2n) is 5.81. The van der Waals surface area contributed by atoms with Gasteiger partial charge in [-0.3, -0.25) is 4.90 Å². The van der Waals surface area contributed by atoms with Crippen molar-refractivity contribution in [3.63, 3.8) is 0 Å². The van der Waals surface area contributed by atoms with Gasteiger partial charge >= 0.3 is 0 Å². The predicted molar refractivity (Wildman–Crippen MR) is 97.6 cm³/mol. The van der Waals surface area contributed by atoms with Crippen LogP contribution in [0.25, 0.3) is 0 Å². The minimum absolute atomic E-state index is 0. The van der Waals surface area contributed by atoms with E-state index in [1.54, 1.807) is 0 Å². The topological polar surface area (TPSA) is 136 Å². The second kappa shape index (κ2) is 10.6. The van der Waals surface area contributed by atoms with Crippen molar-refractivity contribution in [3.05, 3.63) is 0 Å². The van der Waals surface area contributed by atoms with Gasteiger partial charge in [0.1, 0.15) is 0 Å². The molecule has 5 N–H and O–H groups in total. The summed E-state index contributed by atoms with van der Waals surface area (Å²) in [6.07, 6.45) is 7.64. The molecular formula is C13H27ClN4O4S2. The smallest absolute Gasteiger partial charge is 0.212 e. The summed E-state index contributed by atoms with van der Waals surface area (Å²) >= 11 is 0. The highest BCUT2D eigenvalue weighted by atomic mass is 35.5. The zero-order valence-corrected chi connectivity index (χ0v) is 16.0. The normalized spacial score (nSPS) is 21.0. The molecule has 0 bridgehead atoms. The summed E-state index contributed by atoms with van der Waals surface area (Å²) in [5.74, 6) is 2.54. The number of terminal acetylenes is 1. The molecule has 2 saturated heterocycles. The second-order valence-corrected chi connectivity index (χ2v) is 9.50. The van der Waals surface area contributed by atoms with Crippen LogP contribution in [0.4, 0.5) is 0 Å². The van der Waals surface area contributed by atoms with Gasteiger partial charge in [0.2, 0.25) is 20.0 Å². The van der Waals surface area contributed by atoms with Crippen LogP contribution in [0.2, 0.25) is 0 Å². The van der Waals surface area contributed by atoms with Gasteiger partial charge in [0.15, 0.2) is 0 Å². The fourth-order valence-corrected chi connectivity index (χ4v) is 4.41. The van der Waals surface area contributed by atoms with Crippen molar-refractivity contribution in [1.29, 1.82) is 0 Å². The molecular weight excluding hydrogens is 376 g/mol. The Balaban J connectivity index is 0.000000436. The first-order valence-corrected chi connectivity index (χ1v) is 10.8. The number of piperidine rings is 2. The maximum absolute atomic E-state index is 11.0. The molecule has 0 atom stereocenters. The number of hydrogen-bond donors (Lipinski definition) is 3. The molecule has 0 amide bonds. The average molecular weight is 403 g/mol. The minimum Gasteiger partial charge on any atom is -0.317 e. The molecule has 0 aromatic carbocycles. The Morgan fingerprint density at radius 3 is 1.71 bits per heavy atom. The van der Waals surface area contributed by atoms with E-state index in [2.05, 4.69) is 16.1 Å². The molecule has 2 fully saturated rings. The molecule has 0 saturated carbocycles. The van der Waals surface area contributed by atoms with Crippen molar-refractivity contribution < 1.29 is 16.8 Å². The van der Waals surface area contributed by atoms with Gasteiger partial charge in [0, 0.05) is 13.1 Å². The Labute approximate surface area is 151 Å². The molecule has 0 aromatic heterocycles. The van der Waals surface area contributed by atoms with E-state index in [0.717, 1.165) is 26.2 Å². The van der Waals surface area contributed by atoms with Crippen LogP contribution in [-0.4, -0.2) is 65.0 Å². The lowest BCUT2D eigenvalue weighted by Gasteiger charge is -2.29. The van der Waals surface area contributed by atoms with Gasteiger partial charge < -0.3 is 5.32 Å². The van der Waals surface area contributed by atoms with Crippen LogP contribution in [0.15, 0.2) is 0 Å². The van der Waals surface area contributed by atoms with Gasteiger partial charge in [-0.15, -0.1) is 18.8 Å². The highest BCUT2D eigenvalue weighted by molar-refractivity contribution is 7.90. The molecule has 2 aliphatic rings. The molecule has 0 radical (unpaired) electrons. The summed E-state index contributed by atoms with van der Waals surface area (Å²) < 4.78 is 43.4. The van der Waals surface area contributed by atoms with Crippen LogP contribution >= 0.6 is 12.4 Å². The van der Waals surface area contributed by atoms with Crippen molar-refractivity contribution in [2.45, 2.75) is 36.2 Å². The van der Waals surface area contributed by atoms with Gasteiger partial charge in [0.25, 0.3) is 0 Å². The Hall–Kier alpha value is -0.410. The fourth-order valence-electron chi connectivity index (χ4n) is 2.65. The van der Waals surface area contributed by atoms with E-state index in [9.17, 15) is 16.8 Å². The van der Waals surface area contributed by atoms with E-state index in [1.165, 1.54) is 0 Å². The summed E-state index contributed by atoms with van der Waals surface area (Å²) in [5, 5.41) is 12.4. The third-order valence-corrected chi connectivity index (χ3v) is 6.87. The van der Waals surface area contributed by atoms with E-state index in [4.69, 9.17) is 16.7 Å². The van der Waals surface area contributed by atoms with Crippen LogP contribution in [0.1, 0.15) is 25.7 Å². The van der Waals surface area contributed by atoms with Crippen molar-refractivity contribution in [1.82, 2.24) is 10.2 Å². The van der Waals surface area contributed by atoms with Crippen molar-refractivity contribution >= 4 is 32.5 Å². The monoisotopic (exact) mass is 402 g/mol. The van der Waals surface area contributed by atoms with Crippen LogP contribution in [0.3, 0.4) is 0 Å². The summed E-state index contributed by atoms with van der Waals surface area (Å²) in [6, 6.07) is 0. The molecule has 11 heteroatoms. The first-order valence-electron chi connectivity index (χ1n) is 7.54. The molecule has 0 aliphatic carbocycles. The predicted octanol–water partition coefficient (Wildman–Crippen LogP) is -1.18. The minimum atomic E-state index is -3.34. The third-order valence-electron chi connectivity index (χ3n) is 4.06. The molecule has 8 nitrogen and oxygen atoms in total. The molecule has 24 heavy (non-hydrogen) atoms. The Morgan fingerprint density at radius 1 is 0.958 bits per heavy atom. The first-order chi connectivity index (χ1) is 10.6. The van der Waals surface area contributed by atoms with E-state index in [0.29, 0.717) is 32.2 Å². The maximum Gasteiger partial charge on any atom is 0.212 e.